The summed E-state index contributed by atoms with van der Waals surface area (Å²) in [7, 11) is 0. The van der Waals surface area contributed by atoms with Crippen LogP contribution in [0.25, 0.3) is 0 Å². The van der Waals surface area contributed by atoms with Crippen LogP contribution in [0.1, 0.15) is 99.3 Å². The standard InChI is InChI=1S/C47H74O18/c1-21-30(51)32(53)35(56)40(61-21)64-38-25(19-49)62-39(37(58)34(38)55)60-20-26-31(52)33(54)36(57)41(63-26)65-42(59)47-14-9-22(18-48)17-24(47)23-7-8-28-44(4)12-11-29(50)43(2,3)27(44)10-13-46(28,6)45(23,5)15-16-47/h7,9,21,24-41,48-58H,8,10-20H2,1-6H3/t21-,24-,25+,26+,27-,28+,29-,30-,31+,32+,33-,34+,35+,36+,37+,38+,39+,40-,41-,44-,45+,46+,47-/m0/s1. The Morgan fingerprint density at radius 1 is 0.708 bits per heavy atom. The Morgan fingerprint density at radius 2 is 1.37 bits per heavy atom. The fraction of sp³-hybridized carbons (Fsp3) is 0.894. The van der Waals surface area contributed by atoms with Crippen LogP contribution in [-0.4, -0.2) is 180 Å². The lowest BCUT2D eigenvalue weighted by molar-refractivity contribution is -0.361. The molecule has 0 aromatic heterocycles. The van der Waals surface area contributed by atoms with Crippen molar-refractivity contribution in [1.82, 2.24) is 0 Å². The molecule has 3 saturated carbocycles. The van der Waals surface area contributed by atoms with Gasteiger partial charge in [0.05, 0.1) is 37.4 Å². The van der Waals surface area contributed by atoms with Crippen molar-refractivity contribution in [3.8, 4) is 0 Å². The first-order valence-corrected chi connectivity index (χ1v) is 23.7. The molecule has 3 saturated heterocycles. The Bertz CT molecular complexity index is 1810. The molecule has 6 fully saturated rings. The van der Waals surface area contributed by atoms with Crippen molar-refractivity contribution in [3.05, 3.63) is 23.3 Å². The van der Waals surface area contributed by atoms with E-state index >= 15 is 0 Å². The van der Waals surface area contributed by atoms with Crippen molar-refractivity contribution in [2.24, 2.45) is 44.8 Å². The van der Waals surface area contributed by atoms with Crippen LogP contribution in [0.5, 0.6) is 0 Å². The molecule has 5 aliphatic carbocycles. The van der Waals surface area contributed by atoms with Crippen LogP contribution in [0.2, 0.25) is 0 Å². The maximum atomic E-state index is 14.8. The average molecular weight is 927 g/mol. The predicted molar refractivity (Wildman–Crippen MR) is 226 cm³/mol. The molecule has 3 heterocycles. The van der Waals surface area contributed by atoms with E-state index in [0.29, 0.717) is 31.1 Å². The van der Waals surface area contributed by atoms with Crippen molar-refractivity contribution in [3.63, 3.8) is 0 Å². The van der Waals surface area contributed by atoms with Crippen molar-refractivity contribution in [2.75, 3.05) is 19.8 Å². The molecule has 8 aliphatic rings. The average Bonchev–Trinajstić information content (AvgIpc) is 3.27. The summed E-state index contributed by atoms with van der Waals surface area (Å²) in [4.78, 5) is 14.8. The molecule has 0 aromatic rings. The smallest absolute Gasteiger partial charge is 0.315 e. The summed E-state index contributed by atoms with van der Waals surface area (Å²) in [5, 5.41) is 118. The highest BCUT2D eigenvalue weighted by Crippen LogP contribution is 2.75. The summed E-state index contributed by atoms with van der Waals surface area (Å²) in [6.45, 7) is 11.5. The number of aliphatic hydroxyl groups is 11. The molecule has 0 amide bonds. The van der Waals surface area contributed by atoms with Gasteiger partial charge in [-0.25, -0.2) is 0 Å². The Kier molecular flexibility index (Phi) is 13.7. The third-order valence-corrected chi connectivity index (χ3v) is 18.7. The molecule has 11 N–H and O–H groups in total. The van der Waals surface area contributed by atoms with Crippen LogP contribution in [0.3, 0.4) is 0 Å². The Morgan fingerprint density at radius 3 is 2.06 bits per heavy atom. The van der Waals surface area contributed by atoms with Crippen molar-refractivity contribution in [1.29, 1.82) is 0 Å². The third-order valence-electron chi connectivity index (χ3n) is 18.7. The van der Waals surface area contributed by atoms with E-state index in [1.54, 1.807) is 0 Å². The molecule has 370 valence electrons. The van der Waals surface area contributed by atoms with Gasteiger partial charge in [-0.2, -0.15) is 0 Å². The zero-order valence-corrected chi connectivity index (χ0v) is 38.4. The van der Waals surface area contributed by atoms with E-state index in [4.69, 9.17) is 28.4 Å². The normalized spacial score (nSPS) is 53.0. The fourth-order valence-electron chi connectivity index (χ4n) is 14.3. The minimum atomic E-state index is -1.87. The van der Waals surface area contributed by atoms with Crippen molar-refractivity contribution >= 4 is 5.97 Å². The van der Waals surface area contributed by atoms with E-state index in [0.717, 1.165) is 37.7 Å². The molecule has 18 nitrogen and oxygen atoms in total. The highest BCUT2D eigenvalue weighted by Gasteiger charge is 2.69. The molecule has 0 bridgehead atoms. The van der Waals surface area contributed by atoms with Gasteiger partial charge in [-0.3, -0.25) is 4.79 Å². The van der Waals surface area contributed by atoms with Gasteiger partial charge in [-0.05, 0) is 104 Å². The summed E-state index contributed by atoms with van der Waals surface area (Å²) in [5.74, 6) is -0.258. The number of fused-ring (bicyclic) bond motifs is 7. The number of rotatable bonds is 9. The van der Waals surface area contributed by atoms with Gasteiger partial charge in [-0.1, -0.05) is 52.3 Å². The minimum absolute atomic E-state index is 0.0140. The fourth-order valence-corrected chi connectivity index (χ4v) is 14.3. The van der Waals surface area contributed by atoms with Gasteiger partial charge in [0.25, 0.3) is 0 Å². The molecular weight excluding hydrogens is 852 g/mol. The number of hydrogen-bond acceptors (Lipinski definition) is 18. The van der Waals surface area contributed by atoms with Crippen molar-refractivity contribution in [2.45, 2.75) is 198 Å². The molecule has 0 aromatic carbocycles. The van der Waals surface area contributed by atoms with Crippen molar-refractivity contribution < 1.29 is 89.4 Å². The molecule has 0 unspecified atom stereocenters. The molecule has 8 rings (SSSR count). The zero-order chi connectivity index (χ0) is 47.3. The maximum Gasteiger partial charge on any atom is 0.315 e. The molecule has 0 spiro atoms. The lowest BCUT2D eigenvalue weighted by Gasteiger charge is -2.70. The molecule has 65 heavy (non-hydrogen) atoms. The monoisotopic (exact) mass is 926 g/mol. The SMILES string of the molecule is C[C@@H]1O[C@@H](O[C@H]2[C@H](O)[C@@H](O)[C@H](OC[C@H]3O[C@@H](OC(=O)[C@]45CC=C(CO)C[C@H]4C4=CC[C@@H]6[C@@]7(C)CC[C@H](O)C(C)(C)[C@@H]7CC[C@@]6(C)[C@]4(C)CC5)[C@H](O)[C@@H](O)[C@@H]3O)O[C@@H]2CO)[C@H](O)[C@H](O)[C@H]1O. The summed E-state index contributed by atoms with van der Waals surface area (Å²) >= 11 is 0. The summed E-state index contributed by atoms with van der Waals surface area (Å²) < 4.78 is 34.6. The molecule has 23 atom stereocenters. The molecular formula is C47H74O18. The Hall–Kier alpha value is -1.69. The maximum absolute atomic E-state index is 14.8. The molecule has 0 radical (unpaired) electrons. The topological polar surface area (TPSA) is 295 Å². The van der Waals surface area contributed by atoms with Crippen LogP contribution in [0.15, 0.2) is 23.3 Å². The lowest BCUT2D eigenvalue weighted by atomic mass is 9.34. The van der Waals surface area contributed by atoms with Gasteiger partial charge in [-0.15, -0.1) is 0 Å². The summed E-state index contributed by atoms with van der Waals surface area (Å²) in [6, 6.07) is 0. The zero-order valence-electron chi connectivity index (χ0n) is 38.4. The first kappa shape index (κ1) is 49.7. The Balaban J connectivity index is 0.974. The van der Waals surface area contributed by atoms with E-state index in [1.807, 2.05) is 6.08 Å². The Labute approximate surface area is 380 Å². The minimum Gasteiger partial charge on any atom is -0.432 e. The van der Waals surface area contributed by atoms with Crippen LogP contribution < -0.4 is 0 Å². The highest BCUT2D eigenvalue weighted by atomic mass is 16.8. The van der Waals surface area contributed by atoms with Crippen LogP contribution in [0.4, 0.5) is 0 Å². The number of esters is 1. The van der Waals surface area contributed by atoms with Gasteiger partial charge in [0.15, 0.2) is 12.6 Å². The second kappa shape index (κ2) is 17.9. The number of aliphatic hydroxyl groups excluding tert-OH is 11. The van der Waals surface area contributed by atoms with E-state index in [9.17, 15) is 61.0 Å². The first-order valence-electron chi connectivity index (χ1n) is 23.7. The van der Waals surface area contributed by atoms with E-state index in [-0.39, 0.29) is 46.7 Å². The predicted octanol–water partition coefficient (Wildman–Crippen LogP) is -0.329. The molecule has 3 aliphatic heterocycles. The van der Waals surface area contributed by atoms with E-state index in [2.05, 4.69) is 40.7 Å². The number of ether oxygens (including phenoxy) is 6. The van der Waals surface area contributed by atoms with Crippen LogP contribution in [0, 0.1) is 44.8 Å². The third kappa shape index (κ3) is 7.81. The summed E-state index contributed by atoms with van der Waals surface area (Å²) in [6.07, 6.45) is -14.1. The highest BCUT2D eigenvalue weighted by molar-refractivity contribution is 5.79. The van der Waals surface area contributed by atoms with E-state index in [1.165, 1.54) is 12.5 Å². The number of carbonyl (C=O) groups excluding carboxylic acids is 1. The second-order valence-corrected chi connectivity index (χ2v) is 22.0. The van der Waals surface area contributed by atoms with Crippen LogP contribution >= 0.6 is 0 Å². The second-order valence-electron chi connectivity index (χ2n) is 22.0. The van der Waals surface area contributed by atoms with Gasteiger partial charge in [0.1, 0.15) is 67.1 Å². The van der Waals surface area contributed by atoms with Gasteiger partial charge < -0.3 is 84.6 Å². The van der Waals surface area contributed by atoms with Crippen LogP contribution in [-0.2, 0) is 33.2 Å². The van der Waals surface area contributed by atoms with Gasteiger partial charge in [0.2, 0.25) is 6.29 Å². The van der Waals surface area contributed by atoms with Gasteiger partial charge in [0, 0.05) is 5.92 Å². The first-order chi connectivity index (χ1) is 30.5. The lowest BCUT2D eigenvalue weighted by Crippen LogP contribution is -2.65. The number of allylic oxidation sites excluding steroid dienone is 3. The summed E-state index contributed by atoms with van der Waals surface area (Å²) in [5.41, 5.74) is 0.326. The number of hydrogen-bond donors (Lipinski definition) is 11. The van der Waals surface area contributed by atoms with Gasteiger partial charge >= 0.3 is 5.97 Å². The number of carbonyl (C=O) groups is 1. The quantitative estimate of drug-likeness (QED) is 0.104. The molecule has 18 heteroatoms. The largest absolute Gasteiger partial charge is 0.432 e. The van der Waals surface area contributed by atoms with E-state index < -0.39 is 117 Å².